The molecule has 8 nitrogen and oxygen atoms in total. The Morgan fingerprint density at radius 1 is 1.48 bits per heavy atom. The lowest BCUT2D eigenvalue weighted by Gasteiger charge is -2.35. The molecule has 1 unspecified atom stereocenters. The largest absolute Gasteiger partial charge is 0.353 e. The molecule has 0 aromatic carbocycles. The number of nitrogens with zero attached hydrogens (tertiary/aromatic N) is 5. The van der Waals surface area contributed by atoms with E-state index in [1.807, 2.05) is 11.5 Å². The van der Waals surface area contributed by atoms with Crippen LogP contribution in [0, 0.1) is 5.92 Å². The Bertz CT molecular complexity index is 585. The molecule has 25 heavy (non-hydrogen) atoms. The molecule has 1 aromatic heterocycles. The molecule has 1 fully saturated rings. The van der Waals surface area contributed by atoms with Crippen LogP contribution in [0.25, 0.3) is 0 Å². The van der Waals surface area contributed by atoms with E-state index < -0.39 is 0 Å². The number of hydrogen-bond donors (Lipinski definition) is 1. The molecular weight excluding hydrogens is 320 g/mol. The lowest BCUT2D eigenvalue weighted by atomic mass is 10.0. The normalized spacial score (nSPS) is 18.4. The van der Waals surface area contributed by atoms with Crippen LogP contribution in [0.2, 0.25) is 0 Å². The Hall–Kier alpha value is -1.96. The molecule has 1 saturated heterocycles. The molecule has 2 heterocycles. The number of carbonyl (C=O) groups is 2. The van der Waals surface area contributed by atoms with Crippen LogP contribution >= 0.6 is 0 Å². The first-order chi connectivity index (χ1) is 11.9. The molecule has 1 aliphatic rings. The molecular formula is C17H30N6O2. The number of aryl methyl sites for hydroxylation is 1. The van der Waals surface area contributed by atoms with Gasteiger partial charge in [-0.05, 0) is 25.8 Å². The molecule has 8 heteroatoms. The SMILES string of the molecule is CCn1cnnc1CN(C)C(=O)CC1C(=O)NCCN1CCC(C)C. The molecule has 0 spiro atoms. The topological polar surface area (TPSA) is 83.4 Å². The fraction of sp³-hybridized carbons (Fsp3) is 0.765. The van der Waals surface area contributed by atoms with Crippen molar-refractivity contribution in [1.29, 1.82) is 0 Å². The van der Waals surface area contributed by atoms with Crippen LogP contribution in [-0.4, -0.2) is 69.1 Å². The zero-order chi connectivity index (χ0) is 18.4. The van der Waals surface area contributed by atoms with Gasteiger partial charge in [-0.25, -0.2) is 0 Å². The summed E-state index contributed by atoms with van der Waals surface area (Å²) in [4.78, 5) is 28.7. The Balaban J connectivity index is 1.96. The summed E-state index contributed by atoms with van der Waals surface area (Å²) in [6.07, 6.45) is 2.88. The predicted octanol–water partition coefficient (Wildman–Crippen LogP) is 0.493. The summed E-state index contributed by atoms with van der Waals surface area (Å²) in [5, 5.41) is 10.8. The van der Waals surface area contributed by atoms with Crippen molar-refractivity contribution in [2.45, 2.75) is 52.7 Å². The third kappa shape index (κ3) is 5.26. The lowest BCUT2D eigenvalue weighted by Crippen LogP contribution is -2.56. The number of carbonyl (C=O) groups excluding carboxylic acids is 2. The van der Waals surface area contributed by atoms with Gasteiger partial charge in [0.2, 0.25) is 11.8 Å². The van der Waals surface area contributed by atoms with Crippen molar-refractivity contribution >= 4 is 11.8 Å². The fourth-order valence-electron chi connectivity index (χ4n) is 2.96. The summed E-state index contributed by atoms with van der Waals surface area (Å²) in [7, 11) is 1.75. The van der Waals surface area contributed by atoms with E-state index >= 15 is 0 Å². The molecule has 2 rings (SSSR count). The van der Waals surface area contributed by atoms with Gasteiger partial charge in [0.15, 0.2) is 5.82 Å². The van der Waals surface area contributed by atoms with E-state index in [0.717, 1.165) is 31.9 Å². The van der Waals surface area contributed by atoms with Gasteiger partial charge in [-0.3, -0.25) is 14.5 Å². The summed E-state index contributed by atoms with van der Waals surface area (Å²) in [5.41, 5.74) is 0. The molecule has 0 bridgehead atoms. The van der Waals surface area contributed by atoms with Crippen molar-refractivity contribution in [2.75, 3.05) is 26.7 Å². The van der Waals surface area contributed by atoms with Crippen LogP contribution < -0.4 is 5.32 Å². The molecule has 0 radical (unpaired) electrons. The maximum absolute atomic E-state index is 12.6. The highest BCUT2D eigenvalue weighted by atomic mass is 16.2. The lowest BCUT2D eigenvalue weighted by molar-refractivity contribution is -0.138. The molecule has 1 aliphatic heterocycles. The van der Waals surface area contributed by atoms with E-state index in [1.165, 1.54) is 0 Å². The smallest absolute Gasteiger partial charge is 0.237 e. The minimum Gasteiger partial charge on any atom is -0.353 e. The monoisotopic (exact) mass is 350 g/mol. The second-order valence-corrected chi connectivity index (χ2v) is 7.01. The summed E-state index contributed by atoms with van der Waals surface area (Å²) in [6, 6.07) is -0.383. The number of amides is 2. The van der Waals surface area contributed by atoms with Crippen LogP contribution in [0.1, 0.15) is 39.4 Å². The van der Waals surface area contributed by atoms with E-state index in [0.29, 0.717) is 19.0 Å². The van der Waals surface area contributed by atoms with Gasteiger partial charge in [-0.15, -0.1) is 10.2 Å². The third-order valence-corrected chi connectivity index (χ3v) is 4.64. The zero-order valence-corrected chi connectivity index (χ0v) is 15.7. The molecule has 1 atom stereocenters. The highest BCUT2D eigenvalue weighted by molar-refractivity contribution is 5.88. The molecule has 1 aromatic rings. The first-order valence-electron chi connectivity index (χ1n) is 9.04. The van der Waals surface area contributed by atoms with E-state index in [1.54, 1.807) is 18.3 Å². The van der Waals surface area contributed by atoms with Gasteiger partial charge in [0, 0.05) is 26.7 Å². The van der Waals surface area contributed by atoms with E-state index in [9.17, 15) is 9.59 Å². The highest BCUT2D eigenvalue weighted by Gasteiger charge is 2.32. The molecule has 140 valence electrons. The number of hydrogen-bond acceptors (Lipinski definition) is 5. The summed E-state index contributed by atoms with van der Waals surface area (Å²) < 4.78 is 1.91. The van der Waals surface area contributed by atoms with Crippen molar-refractivity contribution in [1.82, 2.24) is 29.9 Å². The Labute approximate surface area is 149 Å². The van der Waals surface area contributed by atoms with Gasteiger partial charge in [0.05, 0.1) is 19.0 Å². The average Bonchev–Trinajstić information content (AvgIpc) is 3.02. The Kier molecular flexibility index (Phi) is 6.92. The summed E-state index contributed by atoms with van der Waals surface area (Å²) >= 11 is 0. The summed E-state index contributed by atoms with van der Waals surface area (Å²) in [6.45, 7) is 9.79. The highest BCUT2D eigenvalue weighted by Crippen LogP contribution is 2.14. The minimum atomic E-state index is -0.383. The predicted molar refractivity (Wildman–Crippen MR) is 94.6 cm³/mol. The van der Waals surface area contributed by atoms with Gasteiger partial charge in [0.1, 0.15) is 6.33 Å². The average molecular weight is 350 g/mol. The van der Waals surface area contributed by atoms with Gasteiger partial charge < -0.3 is 14.8 Å². The van der Waals surface area contributed by atoms with Crippen LogP contribution in [0.4, 0.5) is 0 Å². The number of aromatic nitrogens is 3. The molecule has 2 amide bonds. The third-order valence-electron chi connectivity index (χ3n) is 4.64. The van der Waals surface area contributed by atoms with E-state index in [2.05, 4.69) is 34.3 Å². The van der Waals surface area contributed by atoms with Crippen LogP contribution in [-0.2, 0) is 22.7 Å². The van der Waals surface area contributed by atoms with E-state index in [-0.39, 0.29) is 24.3 Å². The molecule has 0 aliphatic carbocycles. The van der Waals surface area contributed by atoms with Gasteiger partial charge in [-0.2, -0.15) is 0 Å². The van der Waals surface area contributed by atoms with Crippen LogP contribution in [0.5, 0.6) is 0 Å². The van der Waals surface area contributed by atoms with Crippen LogP contribution in [0.15, 0.2) is 6.33 Å². The minimum absolute atomic E-state index is 0.0477. The second-order valence-electron chi connectivity index (χ2n) is 7.01. The molecule has 1 N–H and O–H groups in total. The van der Waals surface area contributed by atoms with Crippen molar-refractivity contribution < 1.29 is 9.59 Å². The standard InChI is InChI=1S/C17H30N6O2/c1-5-22-12-19-20-15(22)11-21(4)16(24)10-14-17(25)18-7-9-23(14)8-6-13(2)3/h12-14H,5-11H2,1-4H3,(H,18,25). The Morgan fingerprint density at radius 2 is 2.24 bits per heavy atom. The molecule has 0 saturated carbocycles. The number of nitrogens with one attached hydrogen (secondary N) is 1. The quantitative estimate of drug-likeness (QED) is 0.738. The maximum atomic E-state index is 12.6. The van der Waals surface area contributed by atoms with E-state index in [4.69, 9.17) is 0 Å². The van der Waals surface area contributed by atoms with Crippen molar-refractivity contribution in [3.8, 4) is 0 Å². The first-order valence-corrected chi connectivity index (χ1v) is 9.04. The number of piperazine rings is 1. The maximum Gasteiger partial charge on any atom is 0.237 e. The van der Waals surface area contributed by atoms with Crippen molar-refractivity contribution in [3.63, 3.8) is 0 Å². The van der Waals surface area contributed by atoms with Crippen molar-refractivity contribution in [2.24, 2.45) is 5.92 Å². The Morgan fingerprint density at radius 3 is 2.92 bits per heavy atom. The van der Waals surface area contributed by atoms with Crippen LogP contribution in [0.3, 0.4) is 0 Å². The number of rotatable bonds is 8. The fourth-order valence-corrected chi connectivity index (χ4v) is 2.96. The first kappa shape index (κ1) is 19.4. The van der Waals surface area contributed by atoms with Gasteiger partial charge in [0.25, 0.3) is 0 Å². The zero-order valence-electron chi connectivity index (χ0n) is 15.7. The second kappa shape index (κ2) is 8.94. The van der Waals surface area contributed by atoms with Gasteiger partial charge >= 0.3 is 0 Å². The van der Waals surface area contributed by atoms with Crippen molar-refractivity contribution in [3.05, 3.63) is 12.2 Å². The summed E-state index contributed by atoms with van der Waals surface area (Å²) in [5.74, 6) is 1.23. The van der Waals surface area contributed by atoms with Gasteiger partial charge in [-0.1, -0.05) is 13.8 Å².